The van der Waals surface area contributed by atoms with Crippen molar-refractivity contribution in [1.82, 2.24) is 0 Å². The lowest BCUT2D eigenvalue weighted by Gasteiger charge is -2.33. The normalized spacial score (nSPS) is 14.4. The number of esters is 2. The molecule has 1 unspecified atom stereocenters. The van der Waals surface area contributed by atoms with Crippen molar-refractivity contribution in [2.45, 2.75) is 58.3 Å². The van der Waals surface area contributed by atoms with Crippen molar-refractivity contribution in [3.05, 3.63) is 29.1 Å². The van der Waals surface area contributed by atoms with Crippen LogP contribution in [0, 0.1) is 34.5 Å². The van der Waals surface area contributed by atoms with E-state index in [-0.39, 0.29) is 6.42 Å². The molecule has 0 aliphatic rings. The van der Waals surface area contributed by atoms with Gasteiger partial charge < -0.3 is 9.47 Å². The van der Waals surface area contributed by atoms with Gasteiger partial charge in [-0.25, -0.2) is 13.2 Å². The van der Waals surface area contributed by atoms with Crippen molar-refractivity contribution in [2.75, 3.05) is 0 Å². The average molecular weight is 428 g/mol. The standard InChI is InChI=1S/C18H21F5O4S/c1-16(2,3)27-15(25)18(6,28)7-17(4,5)14(24)26-13-11(22)9(20)8(19)10(21)12(13)23/h28H,7H2,1-6H3. The lowest BCUT2D eigenvalue weighted by atomic mass is 9.82. The SMILES string of the molecule is CC(C)(C)OC(=O)C(C)(S)CC(C)(C)C(=O)Oc1c(F)c(F)c(F)c(F)c1F. The van der Waals surface area contributed by atoms with Crippen molar-refractivity contribution in [3.63, 3.8) is 0 Å². The molecule has 0 saturated carbocycles. The third-order valence-corrected chi connectivity index (χ3v) is 3.88. The second-order valence-electron chi connectivity index (χ2n) is 8.12. The van der Waals surface area contributed by atoms with Crippen LogP contribution < -0.4 is 4.74 Å². The summed E-state index contributed by atoms with van der Waals surface area (Å²) in [5.41, 5.74) is -2.42. The van der Waals surface area contributed by atoms with Gasteiger partial charge in [-0.05, 0) is 48.0 Å². The van der Waals surface area contributed by atoms with Gasteiger partial charge in [-0.1, -0.05) is 0 Å². The zero-order chi connectivity index (χ0) is 22.2. The summed E-state index contributed by atoms with van der Waals surface area (Å²) >= 11 is 4.19. The number of benzene rings is 1. The fourth-order valence-corrected chi connectivity index (χ4v) is 2.74. The van der Waals surface area contributed by atoms with E-state index in [0.29, 0.717) is 0 Å². The van der Waals surface area contributed by atoms with Crippen LogP contribution in [0.3, 0.4) is 0 Å². The molecular formula is C18H21F5O4S. The van der Waals surface area contributed by atoms with Crippen LogP contribution in [-0.4, -0.2) is 22.3 Å². The van der Waals surface area contributed by atoms with Crippen LogP contribution in [0.2, 0.25) is 0 Å². The van der Waals surface area contributed by atoms with E-state index in [1.165, 1.54) is 20.8 Å². The minimum atomic E-state index is -2.37. The van der Waals surface area contributed by atoms with Crippen LogP contribution in [-0.2, 0) is 14.3 Å². The Balaban J connectivity index is 3.11. The van der Waals surface area contributed by atoms with Gasteiger partial charge in [-0.2, -0.15) is 21.4 Å². The number of carbonyl (C=O) groups is 2. The zero-order valence-electron chi connectivity index (χ0n) is 16.2. The van der Waals surface area contributed by atoms with Crippen LogP contribution in [0.4, 0.5) is 22.0 Å². The maximum absolute atomic E-state index is 13.7. The minimum absolute atomic E-state index is 0.313. The maximum Gasteiger partial charge on any atom is 0.322 e. The quantitative estimate of drug-likeness (QED) is 0.184. The smallest absolute Gasteiger partial charge is 0.322 e. The molecule has 0 fully saturated rings. The highest BCUT2D eigenvalue weighted by molar-refractivity contribution is 7.82. The van der Waals surface area contributed by atoms with Crippen LogP contribution in [0.5, 0.6) is 5.75 Å². The number of rotatable bonds is 5. The summed E-state index contributed by atoms with van der Waals surface area (Å²) in [4.78, 5) is 24.6. The van der Waals surface area contributed by atoms with Crippen molar-refractivity contribution < 1.29 is 41.0 Å². The van der Waals surface area contributed by atoms with E-state index >= 15 is 0 Å². The van der Waals surface area contributed by atoms with Crippen molar-refractivity contribution in [1.29, 1.82) is 0 Å². The second-order valence-corrected chi connectivity index (χ2v) is 9.11. The third kappa shape index (κ3) is 5.36. The molecular weight excluding hydrogens is 407 g/mol. The molecule has 0 spiro atoms. The van der Waals surface area contributed by atoms with E-state index in [1.54, 1.807) is 20.8 Å². The molecule has 1 aromatic carbocycles. The highest BCUT2D eigenvalue weighted by Crippen LogP contribution is 2.37. The monoisotopic (exact) mass is 428 g/mol. The van der Waals surface area contributed by atoms with E-state index in [1.807, 2.05) is 0 Å². The van der Waals surface area contributed by atoms with Gasteiger partial charge in [0.15, 0.2) is 0 Å². The second kappa shape index (κ2) is 7.88. The summed E-state index contributed by atoms with van der Waals surface area (Å²) in [7, 11) is 0. The third-order valence-electron chi connectivity index (χ3n) is 3.54. The molecule has 1 atom stereocenters. The topological polar surface area (TPSA) is 52.6 Å². The first-order valence-corrected chi connectivity index (χ1v) is 8.55. The summed E-state index contributed by atoms with van der Waals surface area (Å²) in [6.45, 7) is 8.75. The lowest BCUT2D eigenvalue weighted by molar-refractivity contribution is -0.159. The molecule has 0 radical (unpaired) electrons. The zero-order valence-corrected chi connectivity index (χ0v) is 17.1. The van der Waals surface area contributed by atoms with E-state index in [4.69, 9.17) is 4.74 Å². The Morgan fingerprint density at radius 3 is 1.57 bits per heavy atom. The Kier molecular flexibility index (Phi) is 6.81. The Bertz CT molecular complexity index is 771. The number of carbonyl (C=O) groups excluding carboxylic acids is 2. The molecule has 0 aliphatic carbocycles. The van der Waals surface area contributed by atoms with Crippen molar-refractivity contribution in [2.24, 2.45) is 5.41 Å². The summed E-state index contributed by atoms with van der Waals surface area (Å²) in [6.07, 6.45) is -0.313. The lowest BCUT2D eigenvalue weighted by Crippen LogP contribution is -2.43. The first-order chi connectivity index (χ1) is 12.4. The molecule has 0 aliphatic heterocycles. The van der Waals surface area contributed by atoms with Gasteiger partial charge in [0.1, 0.15) is 10.3 Å². The number of thiol groups is 1. The number of halogens is 5. The number of ether oxygens (including phenoxy) is 2. The predicted octanol–water partition coefficient (Wildman–Crippen LogP) is 4.73. The molecule has 0 aromatic heterocycles. The average Bonchev–Trinajstić information content (AvgIpc) is 2.52. The fourth-order valence-electron chi connectivity index (χ4n) is 2.30. The van der Waals surface area contributed by atoms with E-state index < -0.39 is 62.5 Å². The van der Waals surface area contributed by atoms with E-state index in [0.717, 1.165) is 0 Å². The molecule has 10 heteroatoms. The van der Waals surface area contributed by atoms with Gasteiger partial charge in [0.2, 0.25) is 34.8 Å². The van der Waals surface area contributed by atoms with Gasteiger partial charge in [0.05, 0.1) is 5.41 Å². The Morgan fingerprint density at radius 2 is 1.18 bits per heavy atom. The molecule has 1 aromatic rings. The molecule has 28 heavy (non-hydrogen) atoms. The summed E-state index contributed by atoms with van der Waals surface area (Å²) in [6, 6.07) is 0. The molecule has 1 rings (SSSR count). The first-order valence-electron chi connectivity index (χ1n) is 8.10. The highest BCUT2D eigenvalue weighted by Gasteiger charge is 2.44. The van der Waals surface area contributed by atoms with Gasteiger partial charge in [0, 0.05) is 0 Å². The van der Waals surface area contributed by atoms with Gasteiger partial charge >= 0.3 is 11.9 Å². The summed E-state index contributed by atoms with van der Waals surface area (Å²) in [5.74, 6) is -15.2. The Labute approximate surface area is 164 Å². The van der Waals surface area contributed by atoms with Gasteiger partial charge in [-0.3, -0.25) is 9.59 Å². The van der Waals surface area contributed by atoms with E-state index in [2.05, 4.69) is 17.4 Å². The largest absolute Gasteiger partial charge is 0.459 e. The molecule has 0 N–H and O–H groups in total. The molecule has 0 heterocycles. The van der Waals surface area contributed by atoms with Crippen molar-refractivity contribution in [3.8, 4) is 5.75 Å². The van der Waals surface area contributed by atoms with Crippen LogP contribution >= 0.6 is 12.6 Å². The molecule has 4 nitrogen and oxygen atoms in total. The Morgan fingerprint density at radius 1 is 0.786 bits per heavy atom. The molecule has 158 valence electrons. The maximum atomic E-state index is 13.7. The van der Waals surface area contributed by atoms with Crippen LogP contribution in [0.25, 0.3) is 0 Å². The summed E-state index contributed by atoms with van der Waals surface area (Å²) in [5, 5.41) is 0. The molecule has 0 amide bonds. The number of hydrogen-bond donors (Lipinski definition) is 1. The van der Waals surface area contributed by atoms with Gasteiger partial charge in [0.25, 0.3) is 0 Å². The Hall–Kier alpha value is -1.84. The molecule has 0 saturated heterocycles. The van der Waals surface area contributed by atoms with Crippen LogP contribution in [0.15, 0.2) is 0 Å². The van der Waals surface area contributed by atoms with E-state index in [9.17, 15) is 31.5 Å². The van der Waals surface area contributed by atoms with Crippen LogP contribution in [0.1, 0.15) is 48.0 Å². The fraction of sp³-hybridized carbons (Fsp3) is 0.556. The number of hydrogen-bond acceptors (Lipinski definition) is 5. The summed E-state index contributed by atoms with van der Waals surface area (Å²) < 4.78 is 75.2. The highest BCUT2D eigenvalue weighted by atomic mass is 32.1. The predicted molar refractivity (Wildman–Crippen MR) is 93.5 cm³/mol. The molecule has 0 bridgehead atoms. The minimum Gasteiger partial charge on any atom is -0.459 e. The first kappa shape index (κ1) is 24.2. The van der Waals surface area contributed by atoms with Gasteiger partial charge in [-0.15, -0.1) is 0 Å². The van der Waals surface area contributed by atoms with Crippen molar-refractivity contribution >= 4 is 24.6 Å².